The molecule has 1 aromatic carbocycles. The molecule has 0 fully saturated rings. The second-order valence-corrected chi connectivity index (χ2v) is 5.82. The Morgan fingerprint density at radius 2 is 1.38 bits per heavy atom. The van der Waals surface area contributed by atoms with Crippen LogP contribution in [0.4, 0.5) is 5.69 Å². The van der Waals surface area contributed by atoms with Crippen molar-refractivity contribution < 1.29 is 30.0 Å². The van der Waals surface area contributed by atoms with Crippen LogP contribution in [0.1, 0.15) is 20.7 Å². The number of amides is 2. The summed E-state index contributed by atoms with van der Waals surface area (Å²) < 4.78 is 0. The van der Waals surface area contributed by atoms with Gasteiger partial charge in [0.2, 0.25) is 0 Å². The van der Waals surface area contributed by atoms with Crippen LogP contribution in [0.5, 0.6) is 0 Å². The smallest absolute Gasteiger partial charge is 0.251 e. The molecule has 0 aliphatic carbocycles. The molecule has 2 atom stereocenters. The minimum absolute atomic E-state index is 0.0691. The third-order valence-electron chi connectivity index (χ3n) is 3.14. The molecule has 0 saturated carbocycles. The number of carbonyl (C=O) groups excluding carboxylic acids is 2. The Morgan fingerprint density at radius 3 is 1.73 bits per heavy atom. The number of rotatable bonds is 9. The van der Waals surface area contributed by atoms with Gasteiger partial charge in [0.1, 0.15) is 0 Å². The van der Waals surface area contributed by atoms with Gasteiger partial charge in [-0.05, 0) is 30.4 Å². The maximum absolute atomic E-state index is 12.2. The van der Waals surface area contributed by atoms with E-state index in [1.807, 2.05) is 0 Å². The topological polar surface area (TPSA) is 177 Å². The molecule has 0 heterocycles. The Balaban J connectivity index is 3.00. The zero-order valence-electron chi connectivity index (χ0n) is 13.8. The molecule has 0 aromatic heterocycles. The highest BCUT2D eigenvalue weighted by molar-refractivity contribution is 7.80. The van der Waals surface area contributed by atoms with Crippen LogP contribution in [0.2, 0.25) is 0 Å². The van der Waals surface area contributed by atoms with Gasteiger partial charge in [-0.25, -0.2) is 0 Å². The SMILES string of the molecule is NC(=S)Nc1cc(C(=O)NCC(O)CO)cc(C(=O)NCC(O)CO)c1. The van der Waals surface area contributed by atoms with Crippen LogP contribution in [0.3, 0.4) is 0 Å². The van der Waals surface area contributed by atoms with Crippen molar-refractivity contribution in [2.75, 3.05) is 31.6 Å². The van der Waals surface area contributed by atoms with Gasteiger partial charge in [-0.3, -0.25) is 9.59 Å². The van der Waals surface area contributed by atoms with Gasteiger partial charge in [0, 0.05) is 29.9 Å². The second-order valence-electron chi connectivity index (χ2n) is 5.38. The van der Waals surface area contributed by atoms with Crippen molar-refractivity contribution in [1.29, 1.82) is 0 Å². The Bertz CT molecular complexity index is 613. The van der Waals surface area contributed by atoms with Crippen molar-refractivity contribution in [3.05, 3.63) is 29.3 Å². The summed E-state index contributed by atoms with van der Waals surface area (Å²) in [5, 5.41) is 43.5. The van der Waals surface area contributed by atoms with E-state index < -0.39 is 37.2 Å². The predicted molar refractivity (Wildman–Crippen MR) is 97.7 cm³/mol. The first kappa shape index (κ1) is 21.7. The van der Waals surface area contributed by atoms with Gasteiger partial charge in [0.25, 0.3) is 11.8 Å². The van der Waals surface area contributed by atoms with Gasteiger partial charge in [-0.1, -0.05) is 0 Å². The van der Waals surface area contributed by atoms with Gasteiger partial charge in [-0.2, -0.15) is 0 Å². The lowest BCUT2D eigenvalue weighted by atomic mass is 10.1. The minimum atomic E-state index is -1.11. The minimum Gasteiger partial charge on any atom is -0.394 e. The van der Waals surface area contributed by atoms with Crippen LogP contribution >= 0.6 is 12.2 Å². The summed E-state index contributed by atoms with van der Waals surface area (Å²) in [5.74, 6) is -1.18. The van der Waals surface area contributed by atoms with Crippen molar-refractivity contribution in [2.24, 2.45) is 5.73 Å². The second kappa shape index (κ2) is 10.6. The molecule has 1 rings (SSSR count). The van der Waals surface area contributed by atoms with Crippen molar-refractivity contribution in [1.82, 2.24) is 10.6 Å². The van der Waals surface area contributed by atoms with Gasteiger partial charge in [0.15, 0.2) is 5.11 Å². The zero-order chi connectivity index (χ0) is 19.7. The van der Waals surface area contributed by atoms with Crippen molar-refractivity contribution in [3.8, 4) is 0 Å². The lowest BCUT2D eigenvalue weighted by Gasteiger charge is -2.13. The van der Waals surface area contributed by atoms with Crippen LogP contribution in [0.25, 0.3) is 0 Å². The number of nitrogens with one attached hydrogen (secondary N) is 3. The first-order chi connectivity index (χ1) is 12.3. The molecule has 0 radical (unpaired) electrons. The molecule has 1 aromatic rings. The lowest BCUT2D eigenvalue weighted by Crippen LogP contribution is -2.35. The standard InChI is InChI=1S/C15H22N4O6S/c16-15(26)19-10-2-8(13(24)17-4-11(22)6-20)1-9(3-10)14(25)18-5-12(23)7-21/h1-3,11-12,20-23H,4-7H2,(H,17,24)(H,18,25)(H3,16,19,26). The lowest BCUT2D eigenvalue weighted by molar-refractivity contribution is 0.0800. The number of anilines is 1. The Hall–Kier alpha value is -2.31. The van der Waals surface area contributed by atoms with E-state index in [0.29, 0.717) is 5.69 Å². The maximum atomic E-state index is 12.2. The zero-order valence-corrected chi connectivity index (χ0v) is 14.6. The molecule has 0 aliphatic heterocycles. The molecule has 2 amide bonds. The molecule has 26 heavy (non-hydrogen) atoms. The predicted octanol–water partition coefficient (Wildman–Crippen LogP) is -2.49. The molecular weight excluding hydrogens is 364 g/mol. The first-order valence-corrected chi connectivity index (χ1v) is 8.03. The van der Waals surface area contributed by atoms with Crippen molar-refractivity contribution in [3.63, 3.8) is 0 Å². The molecule has 0 saturated heterocycles. The molecule has 9 N–H and O–H groups in total. The van der Waals surface area contributed by atoms with E-state index in [0.717, 1.165) is 0 Å². The van der Waals surface area contributed by atoms with Gasteiger partial charge >= 0.3 is 0 Å². The number of benzene rings is 1. The number of aliphatic hydroxyl groups excluding tert-OH is 4. The molecule has 10 nitrogen and oxygen atoms in total. The molecule has 0 aliphatic rings. The van der Waals surface area contributed by atoms with Crippen LogP contribution in [0.15, 0.2) is 18.2 Å². The van der Waals surface area contributed by atoms with Gasteiger partial charge in [0.05, 0.1) is 25.4 Å². The van der Waals surface area contributed by atoms with Gasteiger partial charge in [-0.15, -0.1) is 0 Å². The van der Waals surface area contributed by atoms with E-state index in [1.165, 1.54) is 18.2 Å². The quantitative estimate of drug-likeness (QED) is 0.213. The average Bonchev–Trinajstić information content (AvgIpc) is 2.62. The molecule has 11 heteroatoms. The van der Waals surface area contributed by atoms with E-state index in [9.17, 15) is 19.8 Å². The van der Waals surface area contributed by atoms with Crippen LogP contribution < -0.4 is 21.7 Å². The summed E-state index contributed by atoms with van der Waals surface area (Å²) in [4.78, 5) is 24.4. The number of thiocarbonyl (C=S) groups is 1. The van der Waals surface area contributed by atoms with E-state index in [2.05, 4.69) is 16.0 Å². The maximum Gasteiger partial charge on any atom is 0.251 e. The number of carbonyl (C=O) groups is 2. The van der Waals surface area contributed by atoms with E-state index in [1.54, 1.807) is 0 Å². The highest BCUT2D eigenvalue weighted by Gasteiger charge is 2.15. The Morgan fingerprint density at radius 1 is 0.962 bits per heavy atom. The van der Waals surface area contributed by atoms with Crippen LogP contribution in [0, 0.1) is 0 Å². The third-order valence-corrected chi connectivity index (χ3v) is 3.24. The molecule has 0 bridgehead atoms. The highest BCUT2D eigenvalue weighted by Crippen LogP contribution is 2.15. The largest absolute Gasteiger partial charge is 0.394 e. The highest BCUT2D eigenvalue weighted by atomic mass is 32.1. The summed E-state index contributed by atoms with van der Waals surface area (Å²) in [6.07, 6.45) is -2.22. The van der Waals surface area contributed by atoms with Crippen LogP contribution in [-0.2, 0) is 0 Å². The summed E-state index contributed by atoms with van der Waals surface area (Å²) in [6.45, 7) is -1.37. The fourth-order valence-corrected chi connectivity index (χ4v) is 1.98. The van der Waals surface area contributed by atoms with Crippen molar-refractivity contribution >= 4 is 34.8 Å². The van der Waals surface area contributed by atoms with E-state index >= 15 is 0 Å². The normalized spacial score (nSPS) is 12.8. The summed E-state index contributed by atoms with van der Waals surface area (Å²) in [7, 11) is 0. The fraction of sp³-hybridized carbons (Fsp3) is 0.400. The number of hydrogen-bond acceptors (Lipinski definition) is 7. The number of hydrogen-bond donors (Lipinski definition) is 8. The fourth-order valence-electron chi connectivity index (χ4n) is 1.86. The Kier molecular flexibility index (Phi) is 8.88. The van der Waals surface area contributed by atoms with Gasteiger partial charge < -0.3 is 42.1 Å². The monoisotopic (exact) mass is 386 g/mol. The number of nitrogens with two attached hydrogens (primary N) is 1. The molecular formula is C15H22N4O6S. The van der Waals surface area contributed by atoms with E-state index in [-0.39, 0.29) is 29.3 Å². The Labute approximate surface area is 155 Å². The average molecular weight is 386 g/mol. The van der Waals surface area contributed by atoms with E-state index in [4.69, 9.17) is 28.2 Å². The number of aliphatic hydroxyl groups is 4. The summed E-state index contributed by atoms with van der Waals surface area (Å²) in [5.41, 5.74) is 5.87. The van der Waals surface area contributed by atoms with Crippen molar-refractivity contribution in [2.45, 2.75) is 12.2 Å². The molecule has 0 spiro atoms. The summed E-state index contributed by atoms with van der Waals surface area (Å²) in [6, 6.07) is 4.10. The van der Waals surface area contributed by atoms with Crippen LogP contribution in [-0.4, -0.2) is 75.9 Å². The first-order valence-electron chi connectivity index (χ1n) is 7.62. The third kappa shape index (κ3) is 7.29. The summed E-state index contributed by atoms with van der Waals surface area (Å²) >= 11 is 4.74. The molecule has 144 valence electrons. The molecule has 2 unspecified atom stereocenters.